The van der Waals surface area contributed by atoms with E-state index in [1.807, 2.05) is 12.1 Å². The van der Waals surface area contributed by atoms with Crippen LogP contribution < -0.4 is 10.6 Å². The van der Waals surface area contributed by atoms with E-state index in [9.17, 15) is 9.59 Å². The highest BCUT2D eigenvalue weighted by Crippen LogP contribution is 2.37. The van der Waals surface area contributed by atoms with Crippen LogP contribution in [0.25, 0.3) is 10.9 Å². The molecule has 1 aromatic heterocycles. The second kappa shape index (κ2) is 9.14. The maximum absolute atomic E-state index is 15.7. The maximum Gasteiger partial charge on any atom is 0.235 e. The summed E-state index contributed by atoms with van der Waals surface area (Å²) in [4.78, 5) is 26.4. The quantitative estimate of drug-likeness (QED) is 0.693. The van der Waals surface area contributed by atoms with Crippen LogP contribution in [-0.4, -0.2) is 59.2 Å². The van der Waals surface area contributed by atoms with E-state index in [2.05, 4.69) is 27.6 Å². The lowest BCUT2D eigenvalue weighted by Gasteiger charge is -2.38. The van der Waals surface area contributed by atoms with Crippen LogP contribution in [0.5, 0.6) is 0 Å². The van der Waals surface area contributed by atoms with Gasteiger partial charge >= 0.3 is 0 Å². The number of imide groups is 1. The van der Waals surface area contributed by atoms with Crippen LogP contribution in [-0.2, 0) is 16.6 Å². The van der Waals surface area contributed by atoms with E-state index >= 15 is 4.39 Å². The van der Waals surface area contributed by atoms with Crippen molar-refractivity contribution in [2.45, 2.75) is 50.9 Å². The van der Waals surface area contributed by atoms with Gasteiger partial charge in [0.15, 0.2) is 5.82 Å². The number of rotatable bonds is 4. The van der Waals surface area contributed by atoms with E-state index < -0.39 is 5.92 Å². The first kappa shape index (κ1) is 22.5. The third kappa shape index (κ3) is 4.30. The van der Waals surface area contributed by atoms with Gasteiger partial charge in [0.25, 0.3) is 0 Å². The number of hydrogen-bond acceptors (Lipinski definition) is 5. The average molecular weight is 456 g/mol. The number of nitrogens with one attached hydrogen (secondary N) is 2. The van der Waals surface area contributed by atoms with Gasteiger partial charge in [-0.25, -0.2) is 4.39 Å². The second-order valence-electron chi connectivity index (χ2n) is 10.2. The number of piperidine rings is 3. The summed E-state index contributed by atoms with van der Waals surface area (Å²) in [5.41, 5.74) is 1.78. The van der Waals surface area contributed by atoms with Crippen molar-refractivity contribution in [1.29, 1.82) is 0 Å². The largest absolute Gasteiger partial charge is 0.316 e. The Morgan fingerprint density at radius 2 is 1.94 bits per heavy atom. The van der Waals surface area contributed by atoms with Crippen LogP contribution in [0.2, 0.25) is 0 Å². The molecule has 0 aliphatic carbocycles. The number of nitrogens with zero attached hydrogens (tertiary/aromatic N) is 3. The Hall–Kier alpha value is -2.32. The van der Waals surface area contributed by atoms with Gasteiger partial charge in [0, 0.05) is 25.4 Å². The van der Waals surface area contributed by atoms with Crippen molar-refractivity contribution in [3.8, 4) is 0 Å². The smallest absolute Gasteiger partial charge is 0.235 e. The molecule has 0 saturated carbocycles. The van der Waals surface area contributed by atoms with Crippen LogP contribution in [0.4, 0.5) is 4.39 Å². The number of carbonyl (C=O) groups excluding carboxylic acids is 2. The van der Waals surface area contributed by atoms with Gasteiger partial charge in [-0.1, -0.05) is 19.1 Å². The molecule has 2 aromatic rings. The first-order chi connectivity index (χ1) is 15.9. The van der Waals surface area contributed by atoms with Crippen LogP contribution >= 0.6 is 0 Å². The van der Waals surface area contributed by atoms with Crippen LogP contribution in [0.3, 0.4) is 0 Å². The highest BCUT2D eigenvalue weighted by atomic mass is 19.1. The standard InChI is InChI=1S/C25H34FN5O2/c1-15-13-27-10-7-17(15)14-31-11-8-16(9-12-31)18-3-4-19-23(29-30(2)24(19)22(18)26)20-5-6-21(32)28-25(20)33/h3-4,15-17,20,27H,5-14H2,1-2H3,(H,28,32,33)/t15-,17-,20?/m0/s1. The molecule has 1 unspecified atom stereocenters. The Morgan fingerprint density at radius 1 is 1.15 bits per heavy atom. The van der Waals surface area contributed by atoms with Gasteiger partial charge in [-0.3, -0.25) is 19.6 Å². The topological polar surface area (TPSA) is 79.3 Å². The number of hydrogen-bond donors (Lipinski definition) is 2. The fourth-order valence-corrected chi connectivity index (χ4v) is 5.99. The number of fused-ring (bicyclic) bond motifs is 1. The Morgan fingerprint density at radius 3 is 2.67 bits per heavy atom. The molecule has 1 aromatic carbocycles. The Labute approximate surface area is 194 Å². The number of carbonyl (C=O) groups is 2. The van der Waals surface area contributed by atoms with Crippen LogP contribution in [0.1, 0.15) is 62.1 Å². The SMILES string of the molecule is C[C@H]1CNCC[C@H]1CN1CCC(c2ccc3c(C4CCC(=O)NC4=O)nn(C)c3c2F)CC1. The predicted octanol–water partition coefficient (Wildman–Crippen LogP) is 2.66. The number of likely N-dealkylation sites (tertiary alicyclic amines) is 1. The zero-order valence-corrected chi connectivity index (χ0v) is 19.6. The highest BCUT2D eigenvalue weighted by Gasteiger charge is 2.33. The van der Waals surface area contributed by atoms with E-state index in [1.54, 1.807) is 11.7 Å². The minimum atomic E-state index is -0.516. The summed E-state index contributed by atoms with van der Waals surface area (Å²) >= 11 is 0. The lowest BCUT2D eigenvalue weighted by Crippen LogP contribution is -2.43. The molecule has 33 heavy (non-hydrogen) atoms. The molecule has 8 heteroatoms. The zero-order valence-electron chi connectivity index (χ0n) is 19.6. The first-order valence-corrected chi connectivity index (χ1v) is 12.3. The fourth-order valence-electron chi connectivity index (χ4n) is 5.99. The van der Waals surface area contributed by atoms with Crippen molar-refractivity contribution < 1.29 is 14.0 Å². The molecular weight excluding hydrogens is 421 g/mol. The first-order valence-electron chi connectivity index (χ1n) is 12.3. The number of amides is 2. The summed E-state index contributed by atoms with van der Waals surface area (Å²) in [5, 5.41) is 11.0. The minimum absolute atomic E-state index is 0.199. The van der Waals surface area contributed by atoms with Gasteiger partial charge in [0.1, 0.15) is 5.52 Å². The lowest BCUT2D eigenvalue weighted by atomic mass is 9.85. The molecule has 5 rings (SSSR count). The van der Waals surface area contributed by atoms with Gasteiger partial charge in [0.2, 0.25) is 11.8 Å². The minimum Gasteiger partial charge on any atom is -0.316 e. The molecule has 3 aliphatic heterocycles. The molecular formula is C25H34FN5O2. The van der Waals surface area contributed by atoms with Crippen LogP contribution in [0, 0.1) is 17.7 Å². The van der Waals surface area contributed by atoms with Crippen molar-refractivity contribution in [2.75, 3.05) is 32.7 Å². The summed E-state index contributed by atoms with van der Waals surface area (Å²) in [5.74, 6) is 0.321. The monoisotopic (exact) mass is 455 g/mol. The second-order valence-corrected chi connectivity index (χ2v) is 10.2. The molecule has 0 radical (unpaired) electrons. The molecule has 0 spiro atoms. The van der Waals surface area contributed by atoms with Gasteiger partial charge in [-0.2, -0.15) is 5.10 Å². The molecule has 3 fully saturated rings. The highest BCUT2D eigenvalue weighted by molar-refractivity contribution is 6.02. The predicted molar refractivity (Wildman–Crippen MR) is 124 cm³/mol. The summed E-state index contributed by atoms with van der Waals surface area (Å²) in [7, 11) is 1.73. The Kier molecular flexibility index (Phi) is 6.22. The molecule has 3 saturated heterocycles. The number of aryl methyl sites for hydroxylation is 1. The van der Waals surface area contributed by atoms with E-state index in [0.717, 1.165) is 57.0 Å². The molecule has 0 bridgehead atoms. The maximum atomic E-state index is 15.7. The summed E-state index contributed by atoms with van der Waals surface area (Å²) in [6.07, 6.45) is 3.85. The van der Waals surface area contributed by atoms with Gasteiger partial charge in [0.05, 0.1) is 11.6 Å². The van der Waals surface area contributed by atoms with Gasteiger partial charge in [-0.15, -0.1) is 0 Å². The van der Waals surface area contributed by atoms with Gasteiger partial charge in [-0.05, 0) is 75.2 Å². The molecule has 4 heterocycles. The van der Waals surface area contributed by atoms with Crippen molar-refractivity contribution in [2.24, 2.45) is 18.9 Å². The average Bonchev–Trinajstić information content (AvgIpc) is 3.13. The van der Waals surface area contributed by atoms with Crippen molar-refractivity contribution in [3.05, 3.63) is 29.2 Å². The van der Waals surface area contributed by atoms with Crippen LogP contribution in [0.15, 0.2) is 12.1 Å². The molecule has 3 aliphatic rings. The van der Waals surface area contributed by atoms with E-state index in [-0.39, 0.29) is 30.0 Å². The Bertz CT molecular complexity index is 1060. The molecule has 2 amide bonds. The molecule has 2 N–H and O–H groups in total. The summed E-state index contributed by atoms with van der Waals surface area (Å²) in [6, 6.07) is 3.81. The van der Waals surface area contributed by atoms with Gasteiger partial charge < -0.3 is 10.2 Å². The fraction of sp³-hybridized carbons (Fsp3) is 0.640. The number of benzene rings is 1. The van der Waals surface area contributed by atoms with E-state index in [4.69, 9.17) is 0 Å². The molecule has 7 nitrogen and oxygen atoms in total. The third-order valence-electron chi connectivity index (χ3n) is 8.06. The van der Waals surface area contributed by atoms with E-state index in [1.165, 1.54) is 6.42 Å². The molecule has 178 valence electrons. The number of halogens is 1. The summed E-state index contributed by atoms with van der Waals surface area (Å²) < 4.78 is 17.3. The third-order valence-corrected chi connectivity index (χ3v) is 8.06. The van der Waals surface area contributed by atoms with Crippen molar-refractivity contribution in [1.82, 2.24) is 25.3 Å². The Balaban J connectivity index is 1.32. The number of aromatic nitrogens is 2. The zero-order chi connectivity index (χ0) is 23.1. The summed E-state index contributed by atoms with van der Waals surface area (Å²) in [6.45, 7) is 7.72. The van der Waals surface area contributed by atoms with Crippen molar-refractivity contribution >= 4 is 22.7 Å². The van der Waals surface area contributed by atoms with Crippen molar-refractivity contribution in [3.63, 3.8) is 0 Å². The lowest BCUT2D eigenvalue weighted by molar-refractivity contribution is -0.134. The van der Waals surface area contributed by atoms with E-state index in [0.29, 0.717) is 28.9 Å². The normalized spacial score (nSPS) is 27.8. The molecule has 3 atom stereocenters.